The summed E-state index contributed by atoms with van der Waals surface area (Å²) in [6, 6.07) is 5.43. The van der Waals surface area contributed by atoms with E-state index in [1.807, 2.05) is 19.3 Å². The second-order valence-corrected chi connectivity index (χ2v) is 4.29. The fourth-order valence-corrected chi connectivity index (χ4v) is 1.95. The molecule has 2 aromatic rings. The molecule has 5 heteroatoms. The molecule has 3 nitrogen and oxygen atoms in total. The second-order valence-electron chi connectivity index (χ2n) is 3.47. The van der Waals surface area contributed by atoms with Gasteiger partial charge in [-0.3, -0.25) is 4.68 Å². The largest absolute Gasteiger partial charge is 0.378 e. The predicted molar refractivity (Wildman–Crippen MR) is 67.0 cm³/mol. The van der Waals surface area contributed by atoms with Crippen LogP contribution in [0.5, 0.6) is 0 Å². The molecule has 0 fully saturated rings. The Kier molecular flexibility index (Phi) is 3.36. The van der Waals surface area contributed by atoms with Crippen LogP contribution in [0.25, 0.3) is 0 Å². The third kappa shape index (κ3) is 2.49. The molecule has 0 radical (unpaired) electrons. The van der Waals surface area contributed by atoms with Gasteiger partial charge in [0.05, 0.1) is 21.9 Å². The van der Waals surface area contributed by atoms with E-state index in [0.29, 0.717) is 16.6 Å². The molecule has 0 aliphatic carbocycles. The lowest BCUT2D eigenvalue weighted by Gasteiger charge is -2.08. The van der Waals surface area contributed by atoms with Gasteiger partial charge in [0, 0.05) is 25.4 Å². The number of para-hydroxylation sites is 1. The third-order valence-electron chi connectivity index (χ3n) is 2.19. The number of halogens is 2. The summed E-state index contributed by atoms with van der Waals surface area (Å²) in [7, 11) is 1.88. The van der Waals surface area contributed by atoms with Gasteiger partial charge in [-0.05, 0) is 12.1 Å². The lowest BCUT2D eigenvalue weighted by Crippen LogP contribution is -1.99. The monoisotopic (exact) mass is 255 g/mol. The standard InChI is InChI=1S/C11H11Cl2N3/c1-16-7-8(6-15-16)5-14-11-9(12)3-2-4-10(11)13/h2-4,6-7,14H,5H2,1H3. The molecule has 0 saturated carbocycles. The molecule has 1 aromatic carbocycles. The highest BCUT2D eigenvalue weighted by atomic mass is 35.5. The summed E-state index contributed by atoms with van der Waals surface area (Å²) >= 11 is 12.1. The summed E-state index contributed by atoms with van der Waals surface area (Å²) in [6.07, 6.45) is 3.75. The van der Waals surface area contributed by atoms with Crippen LogP contribution >= 0.6 is 23.2 Å². The number of hydrogen-bond acceptors (Lipinski definition) is 2. The van der Waals surface area contributed by atoms with Crippen molar-refractivity contribution in [3.05, 3.63) is 46.2 Å². The van der Waals surface area contributed by atoms with E-state index in [0.717, 1.165) is 11.3 Å². The summed E-state index contributed by atoms with van der Waals surface area (Å²) < 4.78 is 1.76. The summed E-state index contributed by atoms with van der Waals surface area (Å²) in [4.78, 5) is 0. The second kappa shape index (κ2) is 4.76. The molecular formula is C11H11Cl2N3. The van der Waals surface area contributed by atoms with Crippen molar-refractivity contribution in [2.24, 2.45) is 7.05 Å². The molecule has 84 valence electrons. The van der Waals surface area contributed by atoms with Crippen molar-refractivity contribution in [2.45, 2.75) is 6.54 Å². The van der Waals surface area contributed by atoms with Crippen LogP contribution in [-0.4, -0.2) is 9.78 Å². The van der Waals surface area contributed by atoms with Gasteiger partial charge in [-0.25, -0.2) is 0 Å². The minimum atomic E-state index is 0.622. The molecule has 1 N–H and O–H groups in total. The average molecular weight is 256 g/mol. The zero-order valence-corrected chi connectivity index (χ0v) is 10.3. The average Bonchev–Trinajstić information content (AvgIpc) is 2.63. The number of aromatic nitrogens is 2. The van der Waals surface area contributed by atoms with Gasteiger partial charge in [0.1, 0.15) is 0 Å². The van der Waals surface area contributed by atoms with Crippen LogP contribution in [0.3, 0.4) is 0 Å². The Morgan fingerprint density at radius 3 is 2.56 bits per heavy atom. The lowest BCUT2D eigenvalue weighted by atomic mass is 10.3. The van der Waals surface area contributed by atoms with E-state index in [1.165, 1.54) is 0 Å². The molecule has 0 spiro atoms. The lowest BCUT2D eigenvalue weighted by molar-refractivity contribution is 0.767. The number of rotatable bonds is 3. The Morgan fingerprint density at radius 2 is 2.00 bits per heavy atom. The van der Waals surface area contributed by atoms with Crippen LogP contribution in [0.4, 0.5) is 5.69 Å². The maximum Gasteiger partial charge on any atom is 0.0721 e. The van der Waals surface area contributed by atoms with Crippen molar-refractivity contribution >= 4 is 28.9 Å². The zero-order valence-electron chi connectivity index (χ0n) is 8.74. The number of benzene rings is 1. The molecule has 2 rings (SSSR count). The number of anilines is 1. The Labute approximate surface area is 104 Å². The SMILES string of the molecule is Cn1cc(CNc2c(Cl)cccc2Cl)cn1. The van der Waals surface area contributed by atoms with Crippen LogP contribution in [-0.2, 0) is 13.6 Å². The minimum Gasteiger partial charge on any atom is -0.378 e. The van der Waals surface area contributed by atoms with Gasteiger partial charge < -0.3 is 5.32 Å². The van der Waals surface area contributed by atoms with Crippen LogP contribution in [0.1, 0.15) is 5.56 Å². The van der Waals surface area contributed by atoms with Crippen LogP contribution < -0.4 is 5.32 Å². The molecule has 0 aliphatic rings. The summed E-state index contributed by atoms with van der Waals surface area (Å²) in [5.74, 6) is 0. The fourth-order valence-electron chi connectivity index (χ4n) is 1.42. The van der Waals surface area contributed by atoms with Crippen molar-refractivity contribution in [2.75, 3.05) is 5.32 Å². The smallest absolute Gasteiger partial charge is 0.0721 e. The topological polar surface area (TPSA) is 29.9 Å². The number of nitrogens with one attached hydrogen (secondary N) is 1. The molecule has 1 heterocycles. The van der Waals surface area contributed by atoms with Gasteiger partial charge in [-0.2, -0.15) is 5.10 Å². The highest BCUT2D eigenvalue weighted by Gasteiger charge is 2.04. The quantitative estimate of drug-likeness (QED) is 0.912. The third-order valence-corrected chi connectivity index (χ3v) is 2.82. The number of nitrogens with zero attached hydrogens (tertiary/aromatic N) is 2. The van der Waals surface area contributed by atoms with E-state index in [2.05, 4.69) is 10.4 Å². The van der Waals surface area contributed by atoms with E-state index in [1.54, 1.807) is 23.0 Å². The Bertz CT molecular complexity index is 473. The molecular weight excluding hydrogens is 245 g/mol. The van der Waals surface area contributed by atoms with Crippen molar-refractivity contribution in [3.8, 4) is 0 Å². The van der Waals surface area contributed by atoms with Crippen molar-refractivity contribution < 1.29 is 0 Å². The van der Waals surface area contributed by atoms with E-state index < -0.39 is 0 Å². The summed E-state index contributed by atoms with van der Waals surface area (Å²) in [6.45, 7) is 0.650. The Morgan fingerprint density at radius 1 is 1.31 bits per heavy atom. The van der Waals surface area contributed by atoms with Gasteiger partial charge in [-0.15, -0.1) is 0 Å². The summed E-state index contributed by atoms with van der Waals surface area (Å²) in [5, 5.41) is 8.52. The molecule has 1 aromatic heterocycles. The van der Waals surface area contributed by atoms with E-state index in [-0.39, 0.29) is 0 Å². The van der Waals surface area contributed by atoms with Crippen molar-refractivity contribution in [1.29, 1.82) is 0 Å². The Balaban J connectivity index is 2.10. The molecule has 16 heavy (non-hydrogen) atoms. The molecule has 0 saturated heterocycles. The molecule has 0 atom stereocenters. The number of hydrogen-bond donors (Lipinski definition) is 1. The predicted octanol–water partition coefficient (Wildman–Crippen LogP) is 3.34. The minimum absolute atomic E-state index is 0.622. The molecule has 0 unspecified atom stereocenters. The molecule has 0 bridgehead atoms. The van der Waals surface area contributed by atoms with E-state index >= 15 is 0 Å². The normalized spacial score (nSPS) is 10.4. The van der Waals surface area contributed by atoms with Crippen LogP contribution in [0.2, 0.25) is 10.0 Å². The first-order valence-electron chi connectivity index (χ1n) is 4.82. The molecule has 0 aliphatic heterocycles. The first-order valence-corrected chi connectivity index (χ1v) is 5.58. The van der Waals surface area contributed by atoms with Gasteiger partial charge in [0.2, 0.25) is 0 Å². The highest BCUT2D eigenvalue weighted by molar-refractivity contribution is 6.39. The maximum absolute atomic E-state index is 6.03. The fraction of sp³-hybridized carbons (Fsp3) is 0.182. The Hall–Kier alpha value is -1.19. The van der Waals surface area contributed by atoms with Gasteiger partial charge >= 0.3 is 0 Å². The van der Waals surface area contributed by atoms with Crippen LogP contribution in [0.15, 0.2) is 30.6 Å². The summed E-state index contributed by atoms with van der Waals surface area (Å²) in [5.41, 5.74) is 1.84. The van der Waals surface area contributed by atoms with Crippen molar-refractivity contribution in [3.63, 3.8) is 0 Å². The molecule has 0 amide bonds. The zero-order chi connectivity index (χ0) is 11.5. The van der Waals surface area contributed by atoms with E-state index in [4.69, 9.17) is 23.2 Å². The van der Waals surface area contributed by atoms with Gasteiger partial charge in [-0.1, -0.05) is 29.3 Å². The maximum atomic E-state index is 6.03. The van der Waals surface area contributed by atoms with E-state index in [9.17, 15) is 0 Å². The van der Waals surface area contributed by atoms with Crippen LogP contribution in [0, 0.1) is 0 Å². The van der Waals surface area contributed by atoms with Gasteiger partial charge in [0.25, 0.3) is 0 Å². The van der Waals surface area contributed by atoms with Gasteiger partial charge in [0.15, 0.2) is 0 Å². The van der Waals surface area contributed by atoms with Crippen molar-refractivity contribution in [1.82, 2.24) is 9.78 Å². The first-order chi connectivity index (χ1) is 7.66. The highest BCUT2D eigenvalue weighted by Crippen LogP contribution is 2.30. The first kappa shape index (κ1) is 11.3. The number of aryl methyl sites for hydroxylation is 1.